The van der Waals surface area contributed by atoms with Crippen LogP contribution in [0.25, 0.3) is 0 Å². The van der Waals surface area contributed by atoms with Gasteiger partial charge in [-0.15, -0.1) is 24.0 Å². The number of benzene rings is 1. The standard InChI is InChI=1S/C16H26N4O3.HI/c1-16(2,14(21)18-3)10-20-15(17)19-9-11-6-7-12(22-4)13(8-11)23-5;/h6-8H,9-10H2,1-5H3,(H,18,21)(H3,17,19,20);1H. The molecular formula is C16H27IN4O3. The number of ether oxygens (including phenoxy) is 2. The molecule has 24 heavy (non-hydrogen) atoms. The summed E-state index contributed by atoms with van der Waals surface area (Å²) in [5.41, 5.74) is 6.22. The summed E-state index contributed by atoms with van der Waals surface area (Å²) in [5.74, 6) is 1.54. The Morgan fingerprint density at radius 2 is 1.88 bits per heavy atom. The van der Waals surface area contributed by atoms with Crippen LogP contribution in [-0.2, 0) is 11.3 Å². The van der Waals surface area contributed by atoms with Crippen molar-refractivity contribution in [2.75, 3.05) is 27.8 Å². The zero-order valence-electron chi connectivity index (χ0n) is 14.8. The fourth-order valence-electron chi connectivity index (χ4n) is 1.94. The number of nitrogens with two attached hydrogens (primary N) is 1. The SMILES string of the molecule is CNC(=O)C(C)(C)CNC(N)=NCc1ccc(OC)c(OC)c1.I. The van der Waals surface area contributed by atoms with E-state index >= 15 is 0 Å². The third-order valence-corrected chi connectivity index (χ3v) is 3.43. The highest BCUT2D eigenvalue weighted by Gasteiger charge is 2.26. The van der Waals surface area contributed by atoms with Crippen LogP contribution in [0.4, 0.5) is 0 Å². The molecule has 8 heteroatoms. The van der Waals surface area contributed by atoms with Gasteiger partial charge in [-0.25, -0.2) is 4.99 Å². The maximum atomic E-state index is 11.7. The summed E-state index contributed by atoms with van der Waals surface area (Å²) in [6, 6.07) is 5.57. The average molecular weight is 450 g/mol. The monoisotopic (exact) mass is 450 g/mol. The maximum absolute atomic E-state index is 11.7. The molecule has 136 valence electrons. The van der Waals surface area contributed by atoms with Gasteiger partial charge >= 0.3 is 0 Å². The van der Waals surface area contributed by atoms with Crippen LogP contribution >= 0.6 is 24.0 Å². The van der Waals surface area contributed by atoms with Crippen molar-refractivity contribution in [3.8, 4) is 11.5 Å². The molecule has 4 N–H and O–H groups in total. The first kappa shape index (κ1) is 22.3. The molecule has 0 atom stereocenters. The Labute approximate surface area is 160 Å². The Morgan fingerprint density at radius 1 is 1.25 bits per heavy atom. The van der Waals surface area contributed by atoms with E-state index in [1.165, 1.54) is 0 Å². The van der Waals surface area contributed by atoms with E-state index in [1.807, 2.05) is 32.0 Å². The Hall–Kier alpha value is -1.71. The molecule has 0 aliphatic rings. The lowest BCUT2D eigenvalue weighted by Gasteiger charge is -2.23. The second kappa shape index (κ2) is 10.2. The molecule has 0 unspecified atom stereocenters. The number of hydrogen-bond donors (Lipinski definition) is 3. The zero-order valence-corrected chi connectivity index (χ0v) is 17.1. The summed E-state index contributed by atoms with van der Waals surface area (Å²) in [5, 5.41) is 5.60. The zero-order chi connectivity index (χ0) is 17.5. The van der Waals surface area contributed by atoms with Crippen molar-refractivity contribution in [2.45, 2.75) is 20.4 Å². The minimum absolute atomic E-state index is 0. The van der Waals surface area contributed by atoms with Crippen LogP contribution in [0.15, 0.2) is 23.2 Å². The van der Waals surface area contributed by atoms with Crippen LogP contribution < -0.4 is 25.8 Å². The fraction of sp³-hybridized carbons (Fsp3) is 0.500. The van der Waals surface area contributed by atoms with Crippen molar-refractivity contribution in [2.24, 2.45) is 16.1 Å². The number of aliphatic imine (C=N–C) groups is 1. The molecule has 0 fully saturated rings. The third-order valence-electron chi connectivity index (χ3n) is 3.43. The normalized spacial score (nSPS) is 11.3. The third kappa shape index (κ3) is 6.42. The highest BCUT2D eigenvalue weighted by molar-refractivity contribution is 14.0. The largest absolute Gasteiger partial charge is 0.493 e. The van der Waals surface area contributed by atoms with Crippen molar-refractivity contribution in [3.63, 3.8) is 0 Å². The van der Waals surface area contributed by atoms with E-state index in [0.29, 0.717) is 24.6 Å². The lowest BCUT2D eigenvalue weighted by molar-refractivity contribution is -0.128. The number of carbonyl (C=O) groups excluding carboxylic acids is 1. The molecule has 0 spiro atoms. The van der Waals surface area contributed by atoms with Gasteiger partial charge in [0, 0.05) is 13.6 Å². The summed E-state index contributed by atoms with van der Waals surface area (Å²) in [4.78, 5) is 16.0. The smallest absolute Gasteiger partial charge is 0.227 e. The molecule has 0 aromatic heterocycles. The highest BCUT2D eigenvalue weighted by Crippen LogP contribution is 2.27. The van der Waals surface area contributed by atoms with Crippen molar-refractivity contribution in [3.05, 3.63) is 23.8 Å². The van der Waals surface area contributed by atoms with E-state index in [4.69, 9.17) is 15.2 Å². The second-order valence-corrected chi connectivity index (χ2v) is 5.71. The molecule has 1 aromatic rings. The number of rotatable bonds is 7. The molecule has 0 heterocycles. The van der Waals surface area contributed by atoms with Gasteiger partial charge in [0.1, 0.15) is 0 Å². The van der Waals surface area contributed by atoms with Gasteiger partial charge in [0.2, 0.25) is 5.91 Å². The van der Waals surface area contributed by atoms with Crippen LogP contribution in [0.3, 0.4) is 0 Å². The Balaban J connectivity index is 0.00000529. The molecule has 0 bridgehead atoms. The van der Waals surface area contributed by atoms with E-state index in [2.05, 4.69) is 15.6 Å². The Morgan fingerprint density at radius 3 is 2.42 bits per heavy atom. The van der Waals surface area contributed by atoms with Gasteiger partial charge in [-0.1, -0.05) is 6.07 Å². The number of nitrogens with one attached hydrogen (secondary N) is 2. The molecule has 0 aliphatic heterocycles. The second-order valence-electron chi connectivity index (χ2n) is 5.71. The summed E-state index contributed by atoms with van der Waals surface area (Å²) < 4.78 is 10.4. The Bertz CT molecular complexity index is 576. The molecule has 1 amide bonds. The average Bonchev–Trinajstić information content (AvgIpc) is 2.56. The Kier molecular flexibility index (Phi) is 9.49. The summed E-state index contributed by atoms with van der Waals surface area (Å²) in [6.45, 7) is 4.47. The molecular weight excluding hydrogens is 423 g/mol. The lowest BCUT2D eigenvalue weighted by atomic mass is 9.92. The minimum atomic E-state index is -0.571. The highest BCUT2D eigenvalue weighted by atomic mass is 127. The van der Waals surface area contributed by atoms with Crippen LogP contribution in [-0.4, -0.2) is 39.7 Å². The maximum Gasteiger partial charge on any atom is 0.227 e. The summed E-state index contributed by atoms with van der Waals surface area (Å²) >= 11 is 0. The van der Waals surface area contributed by atoms with E-state index in [-0.39, 0.29) is 35.8 Å². The van der Waals surface area contributed by atoms with Crippen LogP contribution in [0.5, 0.6) is 11.5 Å². The number of hydrogen-bond acceptors (Lipinski definition) is 4. The van der Waals surface area contributed by atoms with E-state index in [9.17, 15) is 4.79 Å². The van der Waals surface area contributed by atoms with Crippen molar-refractivity contribution < 1.29 is 14.3 Å². The van der Waals surface area contributed by atoms with E-state index < -0.39 is 5.41 Å². The number of amides is 1. The van der Waals surface area contributed by atoms with Crippen molar-refractivity contribution >= 4 is 35.8 Å². The van der Waals surface area contributed by atoms with Crippen molar-refractivity contribution in [1.82, 2.24) is 10.6 Å². The van der Waals surface area contributed by atoms with Crippen LogP contribution in [0.1, 0.15) is 19.4 Å². The van der Waals surface area contributed by atoms with Gasteiger partial charge in [0.05, 0.1) is 26.2 Å². The molecule has 0 radical (unpaired) electrons. The molecule has 0 saturated heterocycles. The quantitative estimate of drug-likeness (QED) is 0.332. The predicted octanol–water partition coefficient (Wildman–Crippen LogP) is 1.50. The van der Waals surface area contributed by atoms with Gasteiger partial charge < -0.3 is 25.8 Å². The number of carbonyl (C=O) groups is 1. The van der Waals surface area contributed by atoms with Gasteiger partial charge in [0.15, 0.2) is 17.5 Å². The van der Waals surface area contributed by atoms with Gasteiger partial charge in [-0.3, -0.25) is 4.79 Å². The topological polar surface area (TPSA) is 98.0 Å². The van der Waals surface area contributed by atoms with E-state index in [1.54, 1.807) is 21.3 Å². The number of nitrogens with zero attached hydrogens (tertiary/aromatic N) is 1. The summed E-state index contributed by atoms with van der Waals surface area (Å²) in [6.07, 6.45) is 0. The molecule has 7 nitrogen and oxygen atoms in total. The van der Waals surface area contributed by atoms with E-state index in [0.717, 1.165) is 5.56 Å². The first-order chi connectivity index (χ1) is 10.8. The minimum Gasteiger partial charge on any atom is -0.493 e. The number of halogens is 1. The number of guanidine groups is 1. The molecule has 0 saturated carbocycles. The molecule has 1 rings (SSSR count). The van der Waals surface area contributed by atoms with Gasteiger partial charge in [-0.2, -0.15) is 0 Å². The first-order valence-electron chi connectivity index (χ1n) is 7.31. The first-order valence-corrected chi connectivity index (χ1v) is 7.31. The van der Waals surface area contributed by atoms with Gasteiger partial charge in [0.25, 0.3) is 0 Å². The molecule has 1 aromatic carbocycles. The lowest BCUT2D eigenvalue weighted by Crippen LogP contribution is -2.45. The van der Waals surface area contributed by atoms with Crippen molar-refractivity contribution in [1.29, 1.82) is 0 Å². The number of methoxy groups -OCH3 is 2. The van der Waals surface area contributed by atoms with Gasteiger partial charge in [-0.05, 0) is 31.5 Å². The fourth-order valence-corrected chi connectivity index (χ4v) is 1.94. The van der Waals surface area contributed by atoms with Crippen LogP contribution in [0.2, 0.25) is 0 Å². The predicted molar refractivity (Wildman–Crippen MR) is 106 cm³/mol. The molecule has 0 aliphatic carbocycles. The van der Waals surface area contributed by atoms with Crippen LogP contribution in [0, 0.1) is 5.41 Å². The summed E-state index contributed by atoms with van der Waals surface area (Å²) in [7, 11) is 4.78.